The summed E-state index contributed by atoms with van der Waals surface area (Å²) in [5.74, 6) is -0.210. The van der Waals surface area contributed by atoms with Crippen LogP contribution < -0.4 is 5.32 Å². The van der Waals surface area contributed by atoms with Gasteiger partial charge in [-0.2, -0.15) is 0 Å². The lowest BCUT2D eigenvalue weighted by Crippen LogP contribution is -2.13. The van der Waals surface area contributed by atoms with Crippen LogP contribution in [0.15, 0.2) is 93.2 Å². The highest BCUT2D eigenvalue weighted by Gasteiger charge is 2.16. The zero-order chi connectivity index (χ0) is 22.1. The standard InChI is InChI=1S/C25H15Br2N3OS/c26-17-9-5-15(6-10-17)22-13-20(19-3-1-2-4-21(19)28-22)24(31)30-25-29-23(14-32-25)16-7-11-18(27)12-8-16/h1-14H,(H,29,30,31). The van der Waals surface area contributed by atoms with Crippen molar-refractivity contribution in [3.8, 4) is 22.5 Å². The number of pyridine rings is 1. The minimum Gasteiger partial charge on any atom is -0.298 e. The molecule has 2 heterocycles. The number of anilines is 1. The number of carbonyl (C=O) groups excluding carboxylic acids is 1. The summed E-state index contributed by atoms with van der Waals surface area (Å²) in [5, 5.41) is 6.26. The number of nitrogens with one attached hydrogen (secondary N) is 1. The van der Waals surface area contributed by atoms with E-state index in [9.17, 15) is 4.79 Å². The van der Waals surface area contributed by atoms with Crippen LogP contribution in [-0.2, 0) is 0 Å². The molecule has 0 fully saturated rings. The van der Waals surface area contributed by atoms with Crippen LogP contribution in [0.4, 0.5) is 5.13 Å². The Balaban J connectivity index is 1.49. The summed E-state index contributed by atoms with van der Waals surface area (Å²) in [4.78, 5) is 22.6. The predicted octanol–water partition coefficient (Wildman–Crippen LogP) is 7.80. The summed E-state index contributed by atoms with van der Waals surface area (Å²) < 4.78 is 2.00. The van der Waals surface area contributed by atoms with Gasteiger partial charge in [-0.05, 0) is 36.4 Å². The van der Waals surface area contributed by atoms with Gasteiger partial charge < -0.3 is 0 Å². The van der Waals surface area contributed by atoms with Gasteiger partial charge in [0.1, 0.15) is 0 Å². The van der Waals surface area contributed by atoms with E-state index < -0.39 is 0 Å². The quantitative estimate of drug-likeness (QED) is 0.242. The number of benzene rings is 3. The van der Waals surface area contributed by atoms with E-state index in [-0.39, 0.29) is 5.91 Å². The second-order valence-corrected chi connectivity index (χ2v) is 9.77. The van der Waals surface area contributed by atoms with Gasteiger partial charge in [0.05, 0.1) is 22.5 Å². The third-order valence-corrected chi connectivity index (χ3v) is 6.78. The molecule has 3 aromatic carbocycles. The van der Waals surface area contributed by atoms with Gasteiger partial charge in [-0.1, -0.05) is 74.3 Å². The van der Waals surface area contributed by atoms with Crippen LogP contribution in [0.3, 0.4) is 0 Å². The maximum atomic E-state index is 13.3. The molecule has 2 aromatic heterocycles. The first-order chi connectivity index (χ1) is 15.6. The van der Waals surface area contributed by atoms with Crippen molar-refractivity contribution in [3.63, 3.8) is 0 Å². The number of carbonyl (C=O) groups is 1. The molecule has 0 bridgehead atoms. The number of amides is 1. The maximum Gasteiger partial charge on any atom is 0.258 e. The van der Waals surface area contributed by atoms with Crippen LogP contribution in [0.25, 0.3) is 33.4 Å². The smallest absolute Gasteiger partial charge is 0.258 e. The second kappa shape index (κ2) is 8.94. The summed E-state index contributed by atoms with van der Waals surface area (Å²) in [5.41, 5.74) is 4.85. The molecule has 0 saturated heterocycles. The van der Waals surface area contributed by atoms with E-state index in [2.05, 4.69) is 42.2 Å². The highest BCUT2D eigenvalue weighted by molar-refractivity contribution is 9.10. The van der Waals surface area contributed by atoms with Crippen LogP contribution in [0.5, 0.6) is 0 Å². The molecule has 4 nitrogen and oxygen atoms in total. The monoisotopic (exact) mass is 563 g/mol. The molecule has 1 amide bonds. The van der Waals surface area contributed by atoms with Crippen molar-refractivity contribution < 1.29 is 4.79 Å². The molecular formula is C25H15Br2N3OS. The zero-order valence-corrected chi connectivity index (χ0v) is 20.5. The number of fused-ring (bicyclic) bond motifs is 1. The fraction of sp³-hybridized carbons (Fsp3) is 0. The molecule has 1 N–H and O–H groups in total. The van der Waals surface area contributed by atoms with E-state index in [0.717, 1.165) is 42.4 Å². The molecule has 156 valence electrons. The molecule has 5 rings (SSSR count). The average molecular weight is 565 g/mol. The Kier molecular flexibility index (Phi) is 5.87. The third kappa shape index (κ3) is 4.37. The van der Waals surface area contributed by atoms with E-state index >= 15 is 0 Å². The van der Waals surface area contributed by atoms with Crippen molar-refractivity contribution in [1.82, 2.24) is 9.97 Å². The second-order valence-electron chi connectivity index (χ2n) is 7.08. The van der Waals surface area contributed by atoms with Crippen LogP contribution >= 0.6 is 43.2 Å². The lowest BCUT2D eigenvalue weighted by atomic mass is 10.0. The molecule has 0 saturated carbocycles. The summed E-state index contributed by atoms with van der Waals surface area (Å²) in [6.07, 6.45) is 0. The van der Waals surface area contributed by atoms with Crippen molar-refractivity contribution in [2.75, 3.05) is 5.32 Å². The Morgan fingerprint density at radius 2 is 1.41 bits per heavy atom. The molecule has 0 unspecified atom stereocenters. The molecule has 5 aromatic rings. The Labute approximate surface area is 205 Å². The SMILES string of the molecule is O=C(Nc1nc(-c2ccc(Br)cc2)cs1)c1cc(-c2ccc(Br)cc2)nc2ccccc12. The minimum absolute atomic E-state index is 0.210. The normalized spacial score (nSPS) is 10.9. The Bertz CT molecular complexity index is 1430. The number of nitrogens with zero attached hydrogens (tertiary/aromatic N) is 2. The van der Waals surface area contributed by atoms with Crippen LogP contribution in [0.1, 0.15) is 10.4 Å². The van der Waals surface area contributed by atoms with Crippen LogP contribution in [0.2, 0.25) is 0 Å². The number of thiazole rings is 1. The van der Waals surface area contributed by atoms with E-state index in [1.807, 2.05) is 84.2 Å². The lowest BCUT2D eigenvalue weighted by Gasteiger charge is -2.10. The average Bonchev–Trinajstić information content (AvgIpc) is 3.27. The van der Waals surface area contributed by atoms with Gasteiger partial charge in [0, 0.05) is 30.8 Å². The fourth-order valence-corrected chi connectivity index (χ4v) is 4.62. The van der Waals surface area contributed by atoms with Gasteiger partial charge in [-0.25, -0.2) is 9.97 Å². The van der Waals surface area contributed by atoms with Crippen LogP contribution in [0, 0.1) is 0 Å². The highest BCUT2D eigenvalue weighted by Crippen LogP contribution is 2.29. The largest absolute Gasteiger partial charge is 0.298 e. The number of para-hydroxylation sites is 1. The predicted molar refractivity (Wildman–Crippen MR) is 138 cm³/mol. The maximum absolute atomic E-state index is 13.3. The van der Waals surface area contributed by atoms with Crippen molar-refractivity contribution in [2.24, 2.45) is 0 Å². The number of aromatic nitrogens is 2. The topological polar surface area (TPSA) is 54.9 Å². The van der Waals surface area contributed by atoms with E-state index in [1.54, 1.807) is 0 Å². The van der Waals surface area contributed by atoms with E-state index in [1.165, 1.54) is 11.3 Å². The summed E-state index contributed by atoms with van der Waals surface area (Å²) in [7, 11) is 0. The van der Waals surface area contributed by atoms with E-state index in [0.29, 0.717) is 10.7 Å². The summed E-state index contributed by atoms with van der Waals surface area (Å²) in [6.45, 7) is 0. The van der Waals surface area contributed by atoms with Gasteiger partial charge in [0.2, 0.25) is 0 Å². The number of hydrogen-bond acceptors (Lipinski definition) is 4. The lowest BCUT2D eigenvalue weighted by molar-refractivity contribution is 0.102. The molecule has 0 aliphatic rings. The van der Waals surface area contributed by atoms with Gasteiger partial charge in [0.25, 0.3) is 5.91 Å². The number of hydrogen-bond donors (Lipinski definition) is 1. The van der Waals surface area contributed by atoms with Crippen LogP contribution in [-0.4, -0.2) is 15.9 Å². The van der Waals surface area contributed by atoms with Crippen molar-refractivity contribution in [1.29, 1.82) is 0 Å². The molecule has 0 spiro atoms. The molecule has 0 aliphatic heterocycles. The Morgan fingerprint density at radius 3 is 2.09 bits per heavy atom. The first kappa shape index (κ1) is 21.0. The minimum atomic E-state index is -0.210. The van der Waals surface area contributed by atoms with Crippen molar-refractivity contribution in [2.45, 2.75) is 0 Å². The zero-order valence-electron chi connectivity index (χ0n) is 16.5. The van der Waals surface area contributed by atoms with Gasteiger partial charge >= 0.3 is 0 Å². The number of rotatable bonds is 4. The first-order valence-corrected chi connectivity index (χ1v) is 12.2. The Morgan fingerprint density at radius 1 is 0.781 bits per heavy atom. The third-order valence-electron chi connectivity index (χ3n) is 4.97. The van der Waals surface area contributed by atoms with Gasteiger partial charge in [-0.15, -0.1) is 11.3 Å². The fourth-order valence-electron chi connectivity index (χ4n) is 3.38. The van der Waals surface area contributed by atoms with Gasteiger partial charge in [0.15, 0.2) is 5.13 Å². The van der Waals surface area contributed by atoms with E-state index in [4.69, 9.17) is 4.98 Å². The first-order valence-electron chi connectivity index (χ1n) is 9.75. The number of halogens is 2. The molecule has 7 heteroatoms. The molecule has 0 radical (unpaired) electrons. The van der Waals surface area contributed by atoms with Crippen molar-refractivity contribution >= 4 is 65.1 Å². The van der Waals surface area contributed by atoms with Crippen molar-refractivity contribution in [3.05, 3.63) is 98.8 Å². The molecule has 0 aliphatic carbocycles. The molecular weight excluding hydrogens is 550 g/mol. The highest BCUT2D eigenvalue weighted by atomic mass is 79.9. The summed E-state index contributed by atoms with van der Waals surface area (Å²) in [6, 6.07) is 25.3. The molecule has 0 atom stereocenters. The van der Waals surface area contributed by atoms with Gasteiger partial charge in [-0.3, -0.25) is 10.1 Å². The summed E-state index contributed by atoms with van der Waals surface area (Å²) >= 11 is 8.31. The molecule has 32 heavy (non-hydrogen) atoms. The Hall–Kier alpha value is -2.87.